The molecule has 0 aromatic heterocycles. The highest BCUT2D eigenvalue weighted by Gasteiger charge is 2.44. The minimum absolute atomic E-state index is 0.309. The fourth-order valence-corrected chi connectivity index (χ4v) is 4.91. The largest absolute Gasteiger partial charge is 0.413 e. The lowest BCUT2D eigenvalue weighted by atomic mass is 9.84. The normalized spacial score (nSPS) is 33.6. The van der Waals surface area contributed by atoms with E-state index in [1.807, 2.05) is 0 Å². The average Bonchev–Trinajstić information content (AvgIpc) is 2.78. The fraction of sp³-hybridized carbons (Fsp3) is 0.789. The zero-order valence-corrected chi connectivity index (χ0v) is 15.9. The zero-order valence-electron chi connectivity index (χ0n) is 14.9. The van der Waals surface area contributed by atoms with Gasteiger partial charge in [0.25, 0.3) is 0 Å². The summed E-state index contributed by atoms with van der Waals surface area (Å²) in [4.78, 5) is 0. The van der Waals surface area contributed by atoms with E-state index in [-0.39, 0.29) is 0 Å². The lowest BCUT2D eigenvalue weighted by Gasteiger charge is -2.42. The maximum absolute atomic E-state index is 6.77. The molecule has 2 rings (SSSR count). The third-order valence-corrected chi connectivity index (χ3v) is 10.3. The van der Waals surface area contributed by atoms with Crippen molar-refractivity contribution in [2.45, 2.75) is 77.6 Å². The summed E-state index contributed by atoms with van der Waals surface area (Å²) >= 11 is 0. The third-order valence-electron chi connectivity index (χ3n) is 5.83. The number of hydrogen-bond acceptors (Lipinski definition) is 1. The van der Waals surface area contributed by atoms with Gasteiger partial charge in [-0.1, -0.05) is 52.0 Å². The van der Waals surface area contributed by atoms with Crippen LogP contribution in [-0.2, 0) is 4.43 Å². The van der Waals surface area contributed by atoms with E-state index in [1.54, 1.807) is 0 Å². The Kier molecular flexibility index (Phi) is 5.20. The molecule has 1 nitrogen and oxygen atoms in total. The molecule has 0 bridgehead atoms. The molecule has 0 spiro atoms. The predicted octanol–water partition coefficient (Wildman–Crippen LogP) is 5.95. The first-order valence-corrected chi connectivity index (χ1v) is 11.7. The lowest BCUT2D eigenvalue weighted by Crippen LogP contribution is -2.46. The standard InChI is InChI=1S/C19H34OSi/c1-7-8-10-15-13-16-11-9-12-18(17(16)14-15)20-21(5,6)19(2,3)4/h8-11,15-18H,7,12-14H2,1-6H3/b10-8+/t15-,16+,17-,18+/m0/s1. The van der Waals surface area contributed by atoms with Crippen molar-refractivity contribution in [3.8, 4) is 0 Å². The highest BCUT2D eigenvalue weighted by Crippen LogP contribution is 2.47. The van der Waals surface area contributed by atoms with Crippen LogP contribution in [0.4, 0.5) is 0 Å². The van der Waals surface area contributed by atoms with Crippen molar-refractivity contribution in [1.82, 2.24) is 0 Å². The minimum Gasteiger partial charge on any atom is -0.413 e. The monoisotopic (exact) mass is 306 g/mol. The van der Waals surface area contributed by atoms with Gasteiger partial charge >= 0.3 is 0 Å². The van der Waals surface area contributed by atoms with Gasteiger partial charge in [0.15, 0.2) is 8.32 Å². The summed E-state index contributed by atoms with van der Waals surface area (Å²) in [5.74, 6) is 2.27. The minimum atomic E-state index is -1.65. The van der Waals surface area contributed by atoms with Gasteiger partial charge in [0.2, 0.25) is 0 Å². The summed E-state index contributed by atoms with van der Waals surface area (Å²) in [5, 5.41) is 0.309. The quantitative estimate of drug-likeness (QED) is 0.461. The van der Waals surface area contributed by atoms with Crippen LogP contribution in [0.5, 0.6) is 0 Å². The van der Waals surface area contributed by atoms with Gasteiger partial charge in [-0.15, -0.1) is 0 Å². The predicted molar refractivity (Wildman–Crippen MR) is 95.0 cm³/mol. The molecular weight excluding hydrogens is 272 g/mol. The first-order chi connectivity index (χ1) is 9.74. The molecule has 2 aliphatic rings. The Bertz CT molecular complexity index is 402. The Labute approximate surface area is 133 Å². The van der Waals surface area contributed by atoms with Crippen LogP contribution < -0.4 is 0 Å². The first-order valence-electron chi connectivity index (χ1n) is 8.75. The molecule has 2 aliphatic carbocycles. The number of rotatable bonds is 4. The first kappa shape index (κ1) is 17.0. The van der Waals surface area contributed by atoms with Crippen molar-refractivity contribution in [2.75, 3.05) is 0 Å². The van der Waals surface area contributed by atoms with Crippen LogP contribution in [0.3, 0.4) is 0 Å². The van der Waals surface area contributed by atoms with Crippen molar-refractivity contribution >= 4 is 8.32 Å². The highest BCUT2D eigenvalue weighted by molar-refractivity contribution is 6.74. The second kappa shape index (κ2) is 6.42. The SMILES string of the molecule is CC/C=C/[C@@H]1C[C@H]2[C@H](C=CC[C@H]2O[Si](C)(C)C(C)(C)C)C1. The van der Waals surface area contributed by atoms with Crippen molar-refractivity contribution in [3.05, 3.63) is 24.3 Å². The molecule has 0 amide bonds. The van der Waals surface area contributed by atoms with Crippen molar-refractivity contribution in [3.63, 3.8) is 0 Å². The molecule has 120 valence electrons. The molecule has 21 heavy (non-hydrogen) atoms. The van der Waals surface area contributed by atoms with Crippen LogP contribution in [-0.4, -0.2) is 14.4 Å². The molecule has 0 heterocycles. The Morgan fingerprint density at radius 3 is 2.57 bits per heavy atom. The molecular formula is C19H34OSi. The molecule has 0 aromatic carbocycles. The van der Waals surface area contributed by atoms with E-state index in [0.717, 1.165) is 30.6 Å². The number of fused-ring (bicyclic) bond motifs is 1. The smallest absolute Gasteiger partial charge is 0.192 e. The van der Waals surface area contributed by atoms with E-state index in [4.69, 9.17) is 4.43 Å². The van der Waals surface area contributed by atoms with Crippen molar-refractivity contribution in [2.24, 2.45) is 17.8 Å². The topological polar surface area (TPSA) is 9.23 Å². The zero-order chi connectivity index (χ0) is 15.7. The van der Waals surface area contributed by atoms with Crippen molar-refractivity contribution in [1.29, 1.82) is 0 Å². The third kappa shape index (κ3) is 3.90. The van der Waals surface area contributed by atoms with Crippen LogP contribution in [0.25, 0.3) is 0 Å². The molecule has 1 fully saturated rings. The molecule has 0 unspecified atom stereocenters. The van der Waals surface area contributed by atoms with E-state index >= 15 is 0 Å². The molecule has 4 atom stereocenters. The molecule has 0 radical (unpaired) electrons. The molecule has 0 N–H and O–H groups in total. The maximum Gasteiger partial charge on any atom is 0.192 e. The van der Waals surface area contributed by atoms with Crippen LogP contribution in [0.1, 0.15) is 53.4 Å². The summed E-state index contributed by atoms with van der Waals surface area (Å²) in [6, 6.07) is 0. The summed E-state index contributed by atoms with van der Waals surface area (Å²) in [5.41, 5.74) is 0. The van der Waals surface area contributed by atoms with Gasteiger partial charge in [-0.2, -0.15) is 0 Å². The van der Waals surface area contributed by atoms with Gasteiger partial charge < -0.3 is 4.43 Å². The van der Waals surface area contributed by atoms with Gasteiger partial charge in [0, 0.05) is 0 Å². The number of hydrogen-bond donors (Lipinski definition) is 0. The summed E-state index contributed by atoms with van der Waals surface area (Å²) in [6.45, 7) is 14.0. The van der Waals surface area contributed by atoms with Gasteiger partial charge in [-0.05, 0) is 61.6 Å². The van der Waals surface area contributed by atoms with E-state index in [0.29, 0.717) is 11.1 Å². The van der Waals surface area contributed by atoms with Gasteiger partial charge in [0.05, 0.1) is 6.10 Å². The van der Waals surface area contributed by atoms with E-state index < -0.39 is 8.32 Å². The van der Waals surface area contributed by atoms with E-state index in [9.17, 15) is 0 Å². The Balaban J connectivity index is 2.05. The van der Waals surface area contributed by atoms with Gasteiger partial charge in [-0.25, -0.2) is 0 Å². The van der Waals surface area contributed by atoms with Crippen LogP contribution in [0.2, 0.25) is 18.1 Å². The van der Waals surface area contributed by atoms with Gasteiger partial charge in [0.1, 0.15) is 0 Å². The fourth-order valence-electron chi connectivity index (χ4n) is 3.53. The molecule has 1 saturated carbocycles. The molecule has 2 heteroatoms. The van der Waals surface area contributed by atoms with Gasteiger partial charge in [-0.3, -0.25) is 0 Å². The Morgan fingerprint density at radius 1 is 1.24 bits per heavy atom. The number of allylic oxidation sites excluding steroid dienone is 3. The van der Waals surface area contributed by atoms with Crippen molar-refractivity contribution < 1.29 is 4.43 Å². The van der Waals surface area contributed by atoms with Crippen LogP contribution in [0.15, 0.2) is 24.3 Å². The highest BCUT2D eigenvalue weighted by atomic mass is 28.4. The van der Waals surface area contributed by atoms with E-state index in [2.05, 4.69) is 65.1 Å². The summed E-state index contributed by atoms with van der Waals surface area (Å²) in [6.07, 6.45) is 15.0. The lowest BCUT2D eigenvalue weighted by molar-refractivity contribution is 0.0999. The molecule has 0 aromatic rings. The van der Waals surface area contributed by atoms with Crippen LogP contribution >= 0.6 is 0 Å². The maximum atomic E-state index is 6.77. The Hall–Kier alpha value is -0.343. The second-order valence-corrected chi connectivity index (χ2v) is 13.2. The molecule has 0 saturated heterocycles. The average molecular weight is 307 g/mol. The molecule has 0 aliphatic heterocycles. The van der Waals surface area contributed by atoms with E-state index in [1.165, 1.54) is 12.8 Å². The summed E-state index contributed by atoms with van der Waals surface area (Å²) in [7, 11) is -1.65. The Morgan fingerprint density at radius 2 is 1.95 bits per heavy atom. The summed E-state index contributed by atoms with van der Waals surface area (Å²) < 4.78 is 6.77. The van der Waals surface area contributed by atoms with Crippen LogP contribution in [0, 0.1) is 17.8 Å². The second-order valence-electron chi connectivity index (χ2n) is 8.48.